The molecule has 2 rings (SSSR count). The third-order valence-corrected chi connectivity index (χ3v) is 2.75. The molecule has 1 atom stereocenters. The van der Waals surface area contributed by atoms with E-state index in [1.165, 1.54) is 10.6 Å². The molecular weight excluding hydrogens is 176 g/mol. The molecule has 0 spiro atoms. The van der Waals surface area contributed by atoms with Gasteiger partial charge in [-0.2, -0.15) is 0 Å². The fourth-order valence-corrected chi connectivity index (χ4v) is 2.00. The lowest BCUT2D eigenvalue weighted by Crippen LogP contribution is -2.38. The third-order valence-electron chi connectivity index (χ3n) is 2.75. The monoisotopic (exact) mass is 192 g/mol. The van der Waals surface area contributed by atoms with Gasteiger partial charge in [0.2, 0.25) is 0 Å². The van der Waals surface area contributed by atoms with Crippen LogP contribution in [0.2, 0.25) is 0 Å². The van der Waals surface area contributed by atoms with E-state index in [9.17, 15) is 5.11 Å². The van der Waals surface area contributed by atoms with Crippen LogP contribution >= 0.6 is 0 Å². The SMILES string of the molecule is CC(C)c1cccc2c1N(N)[C@H](O)C2. The van der Waals surface area contributed by atoms with Crippen molar-refractivity contribution >= 4 is 5.69 Å². The van der Waals surface area contributed by atoms with Crippen LogP contribution < -0.4 is 10.9 Å². The second kappa shape index (κ2) is 3.26. The number of aliphatic hydroxyl groups is 1. The largest absolute Gasteiger partial charge is 0.372 e. The van der Waals surface area contributed by atoms with E-state index in [0.29, 0.717) is 12.3 Å². The number of benzene rings is 1. The van der Waals surface area contributed by atoms with Gasteiger partial charge in [0.15, 0.2) is 0 Å². The molecule has 0 saturated heterocycles. The number of rotatable bonds is 1. The van der Waals surface area contributed by atoms with Crippen molar-refractivity contribution in [3.63, 3.8) is 0 Å². The van der Waals surface area contributed by atoms with Crippen molar-refractivity contribution in [1.82, 2.24) is 0 Å². The summed E-state index contributed by atoms with van der Waals surface area (Å²) in [5.41, 5.74) is 3.36. The Hall–Kier alpha value is -1.06. The average Bonchev–Trinajstić information content (AvgIpc) is 2.43. The summed E-state index contributed by atoms with van der Waals surface area (Å²) in [7, 11) is 0. The molecule has 3 heteroatoms. The minimum atomic E-state index is -0.565. The van der Waals surface area contributed by atoms with Gasteiger partial charge in [-0.1, -0.05) is 32.0 Å². The van der Waals surface area contributed by atoms with Gasteiger partial charge in [-0.3, -0.25) is 5.01 Å². The van der Waals surface area contributed by atoms with E-state index >= 15 is 0 Å². The van der Waals surface area contributed by atoms with Crippen molar-refractivity contribution in [2.24, 2.45) is 5.84 Å². The maximum atomic E-state index is 9.63. The lowest BCUT2D eigenvalue weighted by molar-refractivity contribution is 0.179. The van der Waals surface area contributed by atoms with E-state index in [0.717, 1.165) is 11.3 Å². The number of nitrogens with zero attached hydrogens (tertiary/aromatic N) is 1. The molecule has 1 aromatic carbocycles. The summed E-state index contributed by atoms with van der Waals surface area (Å²) in [6.07, 6.45) is 0.0664. The van der Waals surface area contributed by atoms with E-state index in [4.69, 9.17) is 5.84 Å². The normalized spacial score (nSPS) is 20.4. The molecule has 0 bridgehead atoms. The molecule has 0 saturated carbocycles. The fraction of sp³-hybridized carbons (Fsp3) is 0.455. The Morgan fingerprint density at radius 1 is 1.50 bits per heavy atom. The van der Waals surface area contributed by atoms with E-state index in [-0.39, 0.29) is 0 Å². The third kappa shape index (κ3) is 1.29. The Labute approximate surface area is 84.1 Å². The van der Waals surface area contributed by atoms with Crippen LogP contribution in [0.4, 0.5) is 5.69 Å². The Bertz CT molecular complexity index is 349. The zero-order valence-electron chi connectivity index (χ0n) is 8.57. The summed E-state index contributed by atoms with van der Waals surface area (Å²) in [6, 6.07) is 6.12. The molecule has 0 aromatic heterocycles. The number of hydrogen-bond donors (Lipinski definition) is 2. The highest BCUT2D eigenvalue weighted by Gasteiger charge is 2.27. The first kappa shape index (κ1) is 9.49. The second-order valence-corrected chi connectivity index (χ2v) is 4.10. The van der Waals surface area contributed by atoms with Gasteiger partial charge in [0.1, 0.15) is 6.23 Å². The molecule has 0 radical (unpaired) electrons. The standard InChI is InChI=1S/C11H16N2O/c1-7(2)9-5-3-4-8-6-10(14)13(12)11(8)9/h3-5,7,10,14H,6,12H2,1-2H3/t10-/m1/s1. The molecule has 3 N–H and O–H groups in total. The summed E-state index contributed by atoms with van der Waals surface area (Å²) < 4.78 is 0. The Balaban J connectivity index is 2.52. The van der Waals surface area contributed by atoms with Crippen LogP contribution in [0, 0.1) is 0 Å². The van der Waals surface area contributed by atoms with Gasteiger partial charge >= 0.3 is 0 Å². The maximum Gasteiger partial charge on any atom is 0.144 e. The quantitative estimate of drug-likeness (QED) is 0.661. The summed E-state index contributed by atoms with van der Waals surface area (Å²) in [4.78, 5) is 0. The number of nitrogens with two attached hydrogens (primary N) is 1. The lowest BCUT2D eigenvalue weighted by atomic mass is 9.98. The molecule has 0 amide bonds. The van der Waals surface area contributed by atoms with Crippen LogP contribution in [0.15, 0.2) is 18.2 Å². The van der Waals surface area contributed by atoms with Gasteiger partial charge in [-0.25, -0.2) is 5.84 Å². The number of aliphatic hydroxyl groups excluding tert-OH is 1. The summed E-state index contributed by atoms with van der Waals surface area (Å²) in [5.74, 6) is 6.24. The molecule has 0 aliphatic carbocycles. The molecule has 0 unspecified atom stereocenters. The first-order valence-corrected chi connectivity index (χ1v) is 4.95. The molecule has 0 fully saturated rings. The molecule has 1 aliphatic rings. The van der Waals surface area contributed by atoms with Crippen LogP contribution in [0.25, 0.3) is 0 Å². The number of anilines is 1. The summed E-state index contributed by atoms with van der Waals surface area (Å²) in [5, 5.41) is 11.1. The Morgan fingerprint density at radius 2 is 2.21 bits per heavy atom. The van der Waals surface area contributed by atoms with Gasteiger partial charge in [0.05, 0.1) is 5.69 Å². The molecule has 3 nitrogen and oxygen atoms in total. The number of para-hydroxylation sites is 1. The number of fused-ring (bicyclic) bond motifs is 1. The van der Waals surface area contributed by atoms with E-state index in [1.54, 1.807) is 0 Å². The Morgan fingerprint density at radius 3 is 2.86 bits per heavy atom. The van der Waals surface area contributed by atoms with Crippen molar-refractivity contribution < 1.29 is 5.11 Å². The first-order valence-electron chi connectivity index (χ1n) is 4.95. The second-order valence-electron chi connectivity index (χ2n) is 4.10. The van der Waals surface area contributed by atoms with Crippen LogP contribution in [-0.2, 0) is 6.42 Å². The molecule has 14 heavy (non-hydrogen) atoms. The van der Waals surface area contributed by atoms with E-state index in [2.05, 4.69) is 19.9 Å². The minimum absolute atomic E-state index is 0.432. The highest BCUT2D eigenvalue weighted by atomic mass is 16.3. The Kier molecular flexibility index (Phi) is 2.21. The minimum Gasteiger partial charge on any atom is -0.372 e. The van der Waals surface area contributed by atoms with Gasteiger partial charge in [-0.15, -0.1) is 0 Å². The van der Waals surface area contributed by atoms with Crippen molar-refractivity contribution in [3.05, 3.63) is 29.3 Å². The fourth-order valence-electron chi connectivity index (χ4n) is 2.00. The first-order chi connectivity index (χ1) is 6.61. The molecular formula is C11H16N2O. The summed E-state index contributed by atoms with van der Waals surface area (Å²) >= 11 is 0. The van der Waals surface area contributed by atoms with Crippen LogP contribution in [0.3, 0.4) is 0 Å². The van der Waals surface area contributed by atoms with E-state index in [1.807, 2.05) is 12.1 Å². The van der Waals surface area contributed by atoms with Gasteiger partial charge in [-0.05, 0) is 17.0 Å². The zero-order chi connectivity index (χ0) is 10.3. The smallest absolute Gasteiger partial charge is 0.144 e. The van der Waals surface area contributed by atoms with Crippen molar-refractivity contribution in [2.45, 2.75) is 32.4 Å². The molecule has 76 valence electrons. The van der Waals surface area contributed by atoms with Crippen molar-refractivity contribution in [3.8, 4) is 0 Å². The van der Waals surface area contributed by atoms with Gasteiger partial charge < -0.3 is 5.11 Å². The average molecular weight is 192 g/mol. The predicted octanol–water partition coefficient (Wildman–Crippen LogP) is 1.36. The highest BCUT2D eigenvalue weighted by molar-refractivity contribution is 5.63. The molecule has 1 heterocycles. The predicted molar refractivity (Wildman–Crippen MR) is 56.9 cm³/mol. The molecule has 1 aliphatic heterocycles. The van der Waals surface area contributed by atoms with Crippen LogP contribution in [0.1, 0.15) is 30.9 Å². The van der Waals surface area contributed by atoms with E-state index < -0.39 is 6.23 Å². The number of hydrogen-bond acceptors (Lipinski definition) is 3. The molecule has 1 aromatic rings. The topological polar surface area (TPSA) is 49.5 Å². The maximum absolute atomic E-state index is 9.63. The lowest BCUT2D eigenvalue weighted by Gasteiger charge is -2.21. The highest BCUT2D eigenvalue weighted by Crippen LogP contribution is 2.35. The van der Waals surface area contributed by atoms with Crippen molar-refractivity contribution in [2.75, 3.05) is 5.01 Å². The van der Waals surface area contributed by atoms with Crippen molar-refractivity contribution in [1.29, 1.82) is 0 Å². The van der Waals surface area contributed by atoms with Gasteiger partial charge in [0.25, 0.3) is 0 Å². The number of hydrazine groups is 1. The van der Waals surface area contributed by atoms with Crippen LogP contribution in [0.5, 0.6) is 0 Å². The zero-order valence-corrected chi connectivity index (χ0v) is 8.57. The van der Waals surface area contributed by atoms with Crippen LogP contribution in [-0.4, -0.2) is 11.3 Å². The van der Waals surface area contributed by atoms with Gasteiger partial charge in [0, 0.05) is 6.42 Å². The summed E-state index contributed by atoms with van der Waals surface area (Å²) in [6.45, 7) is 4.27.